The summed E-state index contributed by atoms with van der Waals surface area (Å²) in [6, 6.07) is 0. The van der Waals surface area contributed by atoms with Gasteiger partial charge in [0.1, 0.15) is 0 Å². The first-order valence-corrected chi connectivity index (χ1v) is 5.13. The third kappa shape index (κ3) is 4.39. The smallest absolute Gasteiger partial charge is 0.303 e. The van der Waals surface area contributed by atoms with Gasteiger partial charge in [-0.15, -0.1) is 10.2 Å². The highest BCUT2D eigenvalue weighted by Crippen LogP contribution is 2.11. The topological polar surface area (TPSA) is 85.5 Å². The SMILES string of the molecule is COCCc1nnc(CC(C)CC(=O)O)o1. The Morgan fingerprint density at radius 3 is 2.81 bits per heavy atom. The largest absolute Gasteiger partial charge is 0.481 e. The van der Waals surface area contributed by atoms with E-state index in [9.17, 15) is 4.79 Å². The molecule has 1 N–H and O–H groups in total. The molecule has 0 spiro atoms. The van der Waals surface area contributed by atoms with Crippen LogP contribution in [0.2, 0.25) is 0 Å². The first-order chi connectivity index (χ1) is 7.61. The molecule has 0 radical (unpaired) electrons. The molecule has 16 heavy (non-hydrogen) atoms. The van der Waals surface area contributed by atoms with Gasteiger partial charge in [0.15, 0.2) is 0 Å². The van der Waals surface area contributed by atoms with E-state index in [0.29, 0.717) is 31.2 Å². The number of carboxylic acid groups (broad SMARTS) is 1. The second-order valence-electron chi connectivity index (χ2n) is 3.74. The predicted molar refractivity (Wildman–Crippen MR) is 55.0 cm³/mol. The molecule has 1 unspecified atom stereocenters. The Kier molecular flexibility index (Phi) is 4.91. The molecule has 1 aromatic rings. The number of carbonyl (C=O) groups is 1. The number of aliphatic carboxylic acids is 1. The van der Waals surface area contributed by atoms with Gasteiger partial charge in [0, 0.05) is 26.4 Å². The molecule has 1 rings (SSSR count). The molecular weight excluding hydrogens is 212 g/mol. The van der Waals surface area contributed by atoms with Gasteiger partial charge < -0.3 is 14.3 Å². The monoisotopic (exact) mass is 228 g/mol. The van der Waals surface area contributed by atoms with Gasteiger partial charge in [-0.25, -0.2) is 0 Å². The minimum absolute atomic E-state index is 0.00627. The van der Waals surface area contributed by atoms with Crippen molar-refractivity contribution in [2.24, 2.45) is 5.92 Å². The van der Waals surface area contributed by atoms with Gasteiger partial charge in [0.05, 0.1) is 6.61 Å². The van der Waals surface area contributed by atoms with Crippen molar-refractivity contribution >= 4 is 5.97 Å². The average Bonchev–Trinajstić information content (AvgIpc) is 2.61. The molecule has 1 aromatic heterocycles. The molecular formula is C10H16N2O4. The maximum absolute atomic E-state index is 10.5. The van der Waals surface area contributed by atoms with E-state index in [2.05, 4.69) is 10.2 Å². The van der Waals surface area contributed by atoms with Crippen LogP contribution in [0.15, 0.2) is 4.42 Å². The van der Waals surface area contributed by atoms with Crippen molar-refractivity contribution in [3.8, 4) is 0 Å². The van der Waals surface area contributed by atoms with Crippen molar-refractivity contribution in [1.82, 2.24) is 10.2 Å². The maximum Gasteiger partial charge on any atom is 0.303 e. The summed E-state index contributed by atoms with van der Waals surface area (Å²) < 4.78 is 10.2. The van der Waals surface area contributed by atoms with Crippen LogP contribution in [0.1, 0.15) is 25.1 Å². The van der Waals surface area contributed by atoms with Crippen LogP contribution in [0.5, 0.6) is 0 Å². The lowest BCUT2D eigenvalue weighted by Gasteiger charge is -2.03. The number of rotatable bonds is 7. The van der Waals surface area contributed by atoms with Crippen molar-refractivity contribution in [2.45, 2.75) is 26.2 Å². The van der Waals surface area contributed by atoms with Crippen molar-refractivity contribution in [1.29, 1.82) is 0 Å². The summed E-state index contributed by atoms with van der Waals surface area (Å²) in [5.41, 5.74) is 0. The predicted octanol–water partition coefficient (Wildman–Crippen LogP) is 0.912. The molecule has 0 aliphatic heterocycles. The standard InChI is InChI=1S/C10H16N2O4/c1-7(6-10(13)14)5-9-12-11-8(16-9)3-4-15-2/h7H,3-6H2,1-2H3,(H,13,14). The third-order valence-corrected chi connectivity index (χ3v) is 2.07. The fraction of sp³-hybridized carbons (Fsp3) is 0.700. The Bertz CT molecular complexity index is 337. The Morgan fingerprint density at radius 1 is 1.50 bits per heavy atom. The van der Waals surface area contributed by atoms with Crippen LogP contribution in [0.25, 0.3) is 0 Å². The maximum atomic E-state index is 10.5. The van der Waals surface area contributed by atoms with Gasteiger partial charge >= 0.3 is 5.97 Å². The summed E-state index contributed by atoms with van der Waals surface area (Å²) in [5, 5.41) is 16.3. The fourth-order valence-electron chi connectivity index (χ4n) is 1.33. The molecule has 0 fully saturated rings. The Balaban J connectivity index is 2.42. The second kappa shape index (κ2) is 6.22. The van der Waals surface area contributed by atoms with Crippen LogP contribution in [0, 0.1) is 5.92 Å². The van der Waals surface area contributed by atoms with Gasteiger partial charge in [0.25, 0.3) is 0 Å². The van der Waals surface area contributed by atoms with E-state index in [1.165, 1.54) is 0 Å². The molecule has 0 aromatic carbocycles. The summed E-state index contributed by atoms with van der Waals surface area (Å²) in [5.74, 6) is 0.194. The molecule has 0 aliphatic carbocycles. The van der Waals surface area contributed by atoms with Gasteiger partial charge in [0.2, 0.25) is 11.8 Å². The molecule has 0 amide bonds. The third-order valence-electron chi connectivity index (χ3n) is 2.07. The highest BCUT2D eigenvalue weighted by atomic mass is 16.5. The number of carboxylic acids is 1. The van der Waals surface area contributed by atoms with Crippen LogP contribution < -0.4 is 0 Å². The minimum Gasteiger partial charge on any atom is -0.481 e. The lowest BCUT2D eigenvalue weighted by molar-refractivity contribution is -0.137. The molecule has 0 aliphatic rings. The first kappa shape index (κ1) is 12.6. The van der Waals surface area contributed by atoms with Crippen molar-refractivity contribution in [3.63, 3.8) is 0 Å². The molecule has 0 bridgehead atoms. The Morgan fingerprint density at radius 2 is 2.19 bits per heavy atom. The van der Waals surface area contributed by atoms with Crippen molar-refractivity contribution < 1.29 is 19.1 Å². The number of methoxy groups -OCH3 is 1. The normalized spacial score (nSPS) is 12.6. The van der Waals surface area contributed by atoms with Crippen LogP contribution in [-0.2, 0) is 22.4 Å². The zero-order valence-corrected chi connectivity index (χ0v) is 9.47. The summed E-state index contributed by atoms with van der Waals surface area (Å²) in [6.07, 6.45) is 1.18. The molecule has 6 heteroatoms. The minimum atomic E-state index is -0.813. The summed E-state index contributed by atoms with van der Waals surface area (Å²) in [4.78, 5) is 10.5. The first-order valence-electron chi connectivity index (χ1n) is 5.13. The number of ether oxygens (including phenoxy) is 1. The molecule has 0 saturated carbocycles. The highest BCUT2D eigenvalue weighted by Gasteiger charge is 2.13. The number of nitrogens with zero attached hydrogens (tertiary/aromatic N) is 2. The summed E-state index contributed by atoms with van der Waals surface area (Å²) in [6.45, 7) is 2.37. The quantitative estimate of drug-likeness (QED) is 0.746. The Labute approximate surface area is 93.6 Å². The molecule has 1 atom stereocenters. The molecule has 90 valence electrons. The van der Waals surface area contributed by atoms with Crippen LogP contribution in [0.4, 0.5) is 0 Å². The van der Waals surface area contributed by atoms with Crippen LogP contribution >= 0.6 is 0 Å². The highest BCUT2D eigenvalue weighted by molar-refractivity contribution is 5.66. The van der Waals surface area contributed by atoms with Crippen LogP contribution in [-0.4, -0.2) is 35.0 Å². The van der Waals surface area contributed by atoms with Gasteiger partial charge in [-0.05, 0) is 5.92 Å². The second-order valence-corrected chi connectivity index (χ2v) is 3.74. The molecule has 1 heterocycles. The van der Waals surface area contributed by atoms with E-state index in [0.717, 1.165) is 0 Å². The summed E-state index contributed by atoms with van der Waals surface area (Å²) >= 11 is 0. The van der Waals surface area contributed by atoms with E-state index >= 15 is 0 Å². The number of hydrogen-bond acceptors (Lipinski definition) is 5. The zero-order valence-electron chi connectivity index (χ0n) is 9.47. The molecule has 0 saturated heterocycles. The van der Waals surface area contributed by atoms with E-state index in [4.69, 9.17) is 14.3 Å². The van der Waals surface area contributed by atoms with E-state index in [1.54, 1.807) is 7.11 Å². The average molecular weight is 228 g/mol. The summed E-state index contributed by atoms with van der Waals surface area (Å²) in [7, 11) is 1.60. The lowest BCUT2D eigenvalue weighted by Crippen LogP contribution is -2.07. The van der Waals surface area contributed by atoms with Crippen LogP contribution in [0.3, 0.4) is 0 Å². The molecule has 6 nitrogen and oxygen atoms in total. The Hall–Kier alpha value is -1.43. The lowest BCUT2D eigenvalue weighted by atomic mass is 10.0. The van der Waals surface area contributed by atoms with E-state index in [-0.39, 0.29) is 12.3 Å². The van der Waals surface area contributed by atoms with E-state index in [1.807, 2.05) is 6.92 Å². The van der Waals surface area contributed by atoms with Gasteiger partial charge in [-0.3, -0.25) is 4.79 Å². The van der Waals surface area contributed by atoms with E-state index < -0.39 is 5.97 Å². The number of aromatic nitrogens is 2. The number of hydrogen-bond donors (Lipinski definition) is 1. The van der Waals surface area contributed by atoms with Gasteiger partial charge in [-0.1, -0.05) is 6.92 Å². The fourth-order valence-corrected chi connectivity index (χ4v) is 1.33. The van der Waals surface area contributed by atoms with Crippen molar-refractivity contribution in [2.75, 3.05) is 13.7 Å². The van der Waals surface area contributed by atoms with Crippen molar-refractivity contribution in [3.05, 3.63) is 11.8 Å². The van der Waals surface area contributed by atoms with Gasteiger partial charge in [-0.2, -0.15) is 0 Å². The zero-order chi connectivity index (χ0) is 12.0.